The average Bonchev–Trinajstić information content (AvgIpc) is 3.21. The lowest BCUT2D eigenvalue weighted by Crippen LogP contribution is -2.40. The van der Waals surface area contributed by atoms with E-state index in [-0.39, 0.29) is 17.7 Å². The second-order valence-electron chi connectivity index (χ2n) is 6.37. The van der Waals surface area contributed by atoms with Crippen LogP contribution >= 0.6 is 11.3 Å². The van der Waals surface area contributed by atoms with E-state index in [0.717, 1.165) is 10.4 Å². The van der Waals surface area contributed by atoms with Gasteiger partial charge in [-0.15, -0.1) is 11.3 Å². The zero-order valence-electron chi connectivity index (χ0n) is 15.3. The number of ketones is 1. The highest BCUT2D eigenvalue weighted by Crippen LogP contribution is 2.26. The fourth-order valence-corrected chi connectivity index (χ4v) is 3.62. The van der Waals surface area contributed by atoms with Crippen LogP contribution in [-0.2, 0) is 4.79 Å². The Morgan fingerprint density at radius 3 is 2.22 bits per heavy atom. The summed E-state index contributed by atoms with van der Waals surface area (Å²) in [5.41, 5.74) is 2.41. The summed E-state index contributed by atoms with van der Waals surface area (Å²) < 4.78 is 0. The first-order chi connectivity index (χ1) is 13.0. The van der Waals surface area contributed by atoms with E-state index in [1.54, 1.807) is 35.6 Å². The number of thiophene rings is 1. The van der Waals surface area contributed by atoms with Gasteiger partial charge in [-0.1, -0.05) is 36.4 Å². The standard InChI is InChI=1S/C22H22N2O2S/c1-15(22(26)24-19-12-10-17(11-13-19)16(2)25)23-21(20-9-6-14-27-20)18-7-4-3-5-8-18/h3-15,21,23H,1-2H3,(H,24,26)/t15-,21+/m0/s1. The van der Waals surface area contributed by atoms with Gasteiger partial charge in [-0.25, -0.2) is 0 Å². The normalized spacial score (nSPS) is 13.0. The second-order valence-corrected chi connectivity index (χ2v) is 7.35. The summed E-state index contributed by atoms with van der Waals surface area (Å²) in [4.78, 5) is 25.1. The Labute approximate surface area is 163 Å². The third-order valence-corrected chi connectivity index (χ3v) is 5.27. The Bertz CT molecular complexity index is 890. The van der Waals surface area contributed by atoms with Crippen molar-refractivity contribution in [3.63, 3.8) is 0 Å². The molecule has 2 atom stereocenters. The highest BCUT2D eigenvalue weighted by Gasteiger charge is 2.21. The van der Waals surface area contributed by atoms with Crippen LogP contribution in [0.3, 0.4) is 0 Å². The molecule has 0 radical (unpaired) electrons. The third kappa shape index (κ3) is 4.90. The first kappa shape index (κ1) is 19.0. The molecule has 1 amide bonds. The van der Waals surface area contributed by atoms with Crippen molar-refractivity contribution in [3.05, 3.63) is 88.1 Å². The number of carbonyl (C=O) groups excluding carboxylic acids is 2. The average molecular weight is 378 g/mol. The fourth-order valence-electron chi connectivity index (χ4n) is 2.81. The topological polar surface area (TPSA) is 58.2 Å². The molecule has 0 aliphatic rings. The molecule has 2 N–H and O–H groups in total. The predicted molar refractivity (Wildman–Crippen MR) is 110 cm³/mol. The first-order valence-corrected chi connectivity index (χ1v) is 9.69. The lowest BCUT2D eigenvalue weighted by Gasteiger charge is -2.22. The summed E-state index contributed by atoms with van der Waals surface area (Å²) in [5, 5.41) is 8.37. The van der Waals surface area contributed by atoms with E-state index in [4.69, 9.17) is 0 Å². The maximum absolute atomic E-state index is 12.6. The minimum absolute atomic E-state index is 0.00422. The summed E-state index contributed by atoms with van der Waals surface area (Å²) in [6.07, 6.45) is 0. The lowest BCUT2D eigenvalue weighted by molar-refractivity contribution is -0.117. The van der Waals surface area contributed by atoms with Crippen LogP contribution in [0.5, 0.6) is 0 Å². The van der Waals surface area contributed by atoms with Crippen molar-refractivity contribution >= 4 is 28.7 Å². The van der Waals surface area contributed by atoms with Crippen LogP contribution in [-0.4, -0.2) is 17.7 Å². The molecule has 0 spiro atoms. The summed E-state index contributed by atoms with van der Waals surface area (Å²) >= 11 is 1.66. The van der Waals surface area contributed by atoms with Gasteiger partial charge in [0.1, 0.15) is 0 Å². The molecular weight excluding hydrogens is 356 g/mol. The van der Waals surface area contributed by atoms with E-state index in [2.05, 4.69) is 28.8 Å². The zero-order valence-corrected chi connectivity index (χ0v) is 16.1. The van der Waals surface area contributed by atoms with Gasteiger partial charge in [-0.3, -0.25) is 14.9 Å². The second kappa shape index (κ2) is 8.75. The molecule has 1 aromatic heterocycles. The number of anilines is 1. The molecule has 4 nitrogen and oxygen atoms in total. The maximum atomic E-state index is 12.6. The van der Waals surface area contributed by atoms with E-state index in [1.807, 2.05) is 36.6 Å². The number of Topliss-reactive ketones (excluding diaryl/α,β-unsaturated/α-hetero) is 1. The molecule has 1 heterocycles. The van der Waals surface area contributed by atoms with Crippen molar-refractivity contribution in [1.82, 2.24) is 5.32 Å². The van der Waals surface area contributed by atoms with Gasteiger partial charge < -0.3 is 5.32 Å². The monoisotopic (exact) mass is 378 g/mol. The van der Waals surface area contributed by atoms with Crippen molar-refractivity contribution in [3.8, 4) is 0 Å². The Morgan fingerprint density at radius 1 is 0.926 bits per heavy atom. The number of amides is 1. The van der Waals surface area contributed by atoms with Crippen molar-refractivity contribution < 1.29 is 9.59 Å². The molecule has 0 saturated carbocycles. The Kier molecular flexibility index (Phi) is 6.16. The minimum atomic E-state index is -0.398. The Balaban J connectivity index is 1.70. The number of benzene rings is 2. The molecule has 138 valence electrons. The Morgan fingerprint density at radius 2 is 1.63 bits per heavy atom. The van der Waals surface area contributed by atoms with Crippen LogP contribution in [0.1, 0.15) is 40.7 Å². The predicted octanol–water partition coefficient (Wildman–Crippen LogP) is 4.66. The van der Waals surface area contributed by atoms with Gasteiger partial charge >= 0.3 is 0 Å². The van der Waals surface area contributed by atoms with Gasteiger partial charge in [0, 0.05) is 16.1 Å². The van der Waals surface area contributed by atoms with Crippen LogP contribution in [0.15, 0.2) is 72.1 Å². The molecule has 0 saturated heterocycles. The fraction of sp³-hybridized carbons (Fsp3) is 0.182. The van der Waals surface area contributed by atoms with Crippen molar-refractivity contribution in [2.24, 2.45) is 0 Å². The summed E-state index contributed by atoms with van der Waals surface area (Å²) in [5.74, 6) is -0.118. The van der Waals surface area contributed by atoms with E-state index in [1.165, 1.54) is 6.92 Å². The van der Waals surface area contributed by atoms with Crippen molar-refractivity contribution in [1.29, 1.82) is 0 Å². The summed E-state index contributed by atoms with van der Waals surface area (Å²) in [6, 6.07) is 20.7. The molecule has 3 rings (SSSR count). The van der Waals surface area contributed by atoms with Crippen molar-refractivity contribution in [2.75, 3.05) is 5.32 Å². The first-order valence-electron chi connectivity index (χ1n) is 8.81. The zero-order chi connectivity index (χ0) is 19.2. The van der Waals surface area contributed by atoms with E-state index < -0.39 is 6.04 Å². The highest BCUT2D eigenvalue weighted by molar-refractivity contribution is 7.10. The number of nitrogens with one attached hydrogen (secondary N) is 2. The lowest BCUT2D eigenvalue weighted by atomic mass is 10.0. The quantitative estimate of drug-likeness (QED) is 0.588. The van der Waals surface area contributed by atoms with Crippen LogP contribution in [0.4, 0.5) is 5.69 Å². The van der Waals surface area contributed by atoms with E-state index in [9.17, 15) is 9.59 Å². The van der Waals surface area contributed by atoms with Crippen LogP contribution in [0.2, 0.25) is 0 Å². The van der Waals surface area contributed by atoms with Gasteiger partial charge in [-0.05, 0) is 55.1 Å². The van der Waals surface area contributed by atoms with Gasteiger partial charge in [0.05, 0.1) is 12.1 Å². The maximum Gasteiger partial charge on any atom is 0.241 e. The molecule has 0 aliphatic carbocycles. The van der Waals surface area contributed by atoms with Crippen molar-refractivity contribution in [2.45, 2.75) is 25.9 Å². The molecule has 0 bridgehead atoms. The summed E-state index contributed by atoms with van der Waals surface area (Å²) in [6.45, 7) is 3.37. The van der Waals surface area contributed by atoms with Crippen LogP contribution in [0.25, 0.3) is 0 Å². The largest absolute Gasteiger partial charge is 0.325 e. The highest BCUT2D eigenvalue weighted by atomic mass is 32.1. The smallest absolute Gasteiger partial charge is 0.241 e. The molecular formula is C22H22N2O2S. The van der Waals surface area contributed by atoms with Gasteiger partial charge in [0.2, 0.25) is 5.91 Å². The van der Waals surface area contributed by atoms with Gasteiger partial charge in [-0.2, -0.15) is 0 Å². The minimum Gasteiger partial charge on any atom is -0.325 e. The molecule has 0 aliphatic heterocycles. The molecule has 5 heteroatoms. The van der Waals surface area contributed by atoms with E-state index >= 15 is 0 Å². The molecule has 0 unspecified atom stereocenters. The molecule has 0 fully saturated rings. The Hall–Kier alpha value is -2.76. The van der Waals surface area contributed by atoms with Gasteiger partial charge in [0.25, 0.3) is 0 Å². The molecule has 3 aromatic rings. The SMILES string of the molecule is CC(=O)c1ccc(NC(=O)[C@H](C)N[C@H](c2ccccc2)c2cccs2)cc1. The van der Waals surface area contributed by atoms with E-state index in [0.29, 0.717) is 11.3 Å². The number of hydrogen-bond donors (Lipinski definition) is 2. The third-order valence-electron chi connectivity index (χ3n) is 4.33. The molecule has 27 heavy (non-hydrogen) atoms. The molecule has 2 aromatic carbocycles. The van der Waals surface area contributed by atoms with Gasteiger partial charge in [0.15, 0.2) is 5.78 Å². The number of rotatable bonds is 7. The van der Waals surface area contributed by atoms with Crippen LogP contribution in [0, 0.1) is 0 Å². The van der Waals surface area contributed by atoms with Crippen LogP contribution < -0.4 is 10.6 Å². The summed E-state index contributed by atoms with van der Waals surface area (Å²) in [7, 11) is 0. The number of carbonyl (C=O) groups is 2. The number of hydrogen-bond acceptors (Lipinski definition) is 4.